The Hall–Kier alpha value is -2.89. The maximum Gasteiger partial charge on any atom is 0.253 e. The Balaban J connectivity index is 1.23. The van der Waals surface area contributed by atoms with Crippen LogP contribution in [0.3, 0.4) is 0 Å². The number of piperidine rings is 1. The lowest BCUT2D eigenvalue weighted by Crippen LogP contribution is -2.44. The average molecular weight is 379 g/mol. The minimum absolute atomic E-state index is 0.0132. The van der Waals surface area contributed by atoms with Crippen LogP contribution in [0.5, 0.6) is 5.75 Å². The number of ether oxygens (including phenoxy) is 1. The van der Waals surface area contributed by atoms with E-state index >= 15 is 0 Å². The smallest absolute Gasteiger partial charge is 0.253 e. The highest BCUT2D eigenvalue weighted by Gasteiger charge is 2.28. The van der Waals surface area contributed by atoms with E-state index < -0.39 is 0 Å². The number of amides is 2. The Kier molecular flexibility index (Phi) is 5.55. The van der Waals surface area contributed by atoms with E-state index in [1.165, 1.54) is 5.56 Å². The molecule has 0 bridgehead atoms. The maximum atomic E-state index is 12.6. The Morgan fingerprint density at radius 2 is 1.86 bits per heavy atom. The first-order valence-corrected chi connectivity index (χ1v) is 9.88. The first-order chi connectivity index (χ1) is 13.7. The number of carbonyl (C=O) groups is 2. The molecule has 0 unspecified atom stereocenters. The number of nitrogens with one attached hydrogen (secondary N) is 1. The molecule has 0 aliphatic carbocycles. The Morgan fingerprint density at radius 3 is 2.64 bits per heavy atom. The molecule has 2 amide bonds. The van der Waals surface area contributed by atoms with Crippen LogP contribution >= 0.6 is 0 Å². The minimum atomic E-state index is -0.0294. The lowest BCUT2D eigenvalue weighted by Gasteiger charge is -2.32. The molecule has 2 aliphatic heterocycles. The van der Waals surface area contributed by atoms with E-state index in [1.54, 1.807) is 24.5 Å². The van der Waals surface area contributed by atoms with E-state index in [4.69, 9.17) is 4.74 Å². The minimum Gasteiger partial charge on any atom is -0.493 e. The highest BCUT2D eigenvalue weighted by molar-refractivity contribution is 5.94. The summed E-state index contributed by atoms with van der Waals surface area (Å²) in [5.74, 6) is 1.33. The van der Waals surface area contributed by atoms with Gasteiger partial charge in [0.1, 0.15) is 5.75 Å². The summed E-state index contributed by atoms with van der Waals surface area (Å²) in [6.07, 6.45) is 5.58. The van der Waals surface area contributed by atoms with Crippen molar-refractivity contribution < 1.29 is 14.3 Å². The molecule has 2 aliphatic rings. The molecule has 3 heterocycles. The zero-order chi connectivity index (χ0) is 19.3. The number of aromatic nitrogens is 1. The predicted molar refractivity (Wildman–Crippen MR) is 105 cm³/mol. The van der Waals surface area contributed by atoms with Crippen molar-refractivity contribution in [2.24, 2.45) is 11.8 Å². The number of carbonyl (C=O) groups excluding carboxylic acids is 2. The fourth-order valence-corrected chi connectivity index (χ4v) is 3.93. The van der Waals surface area contributed by atoms with Gasteiger partial charge in [-0.3, -0.25) is 14.6 Å². The van der Waals surface area contributed by atoms with Crippen LogP contribution in [0.25, 0.3) is 0 Å². The van der Waals surface area contributed by atoms with Crippen LogP contribution in [0.1, 0.15) is 28.8 Å². The SMILES string of the molecule is O=C(NC[C@@H]1COc2ccccc2C1)C1CCN(C(=O)c2ccncc2)CC1. The first kappa shape index (κ1) is 18.5. The number of para-hydroxylation sites is 1. The van der Waals surface area contributed by atoms with Crippen LogP contribution in [0.4, 0.5) is 0 Å². The third-order valence-corrected chi connectivity index (χ3v) is 5.60. The number of fused-ring (bicyclic) bond motifs is 1. The molecule has 6 heteroatoms. The van der Waals surface area contributed by atoms with Crippen molar-refractivity contribution in [3.05, 3.63) is 59.9 Å². The Bertz CT molecular complexity index is 832. The third-order valence-electron chi connectivity index (χ3n) is 5.60. The summed E-state index contributed by atoms with van der Waals surface area (Å²) in [7, 11) is 0. The molecular weight excluding hydrogens is 354 g/mol. The zero-order valence-electron chi connectivity index (χ0n) is 15.8. The van der Waals surface area contributed by atoms with Gasteiger partial charge in [0.15, 0.2) is 0 Å². The van der Waals surface area contributed by atoms with Crippen molar-refractivity contribution >= 4 is 11.8 Å². The zero-order valence-corrected chi connectivity index (χ0v) is 15.8. The van der Waals surface area contributed by atoms with E-state index in [1.807, 2.05) is 23.1 Å². The van der Waals surface area contributed by atoms with Crippen molar-refractivity contribution in [1.29, 1.82) is 0 Å². The second-order valence-electron chi connectivity index (χ2n) is 7.54. The van der Waals surface area contributed by atoms with Gasteiger partial charge in [0.25, 0.3) is 5.91 Å². The fourth-order valence-electron chi connectivity index (χ4n) is 3.93. The summed E-state index contributed by atoms with van der Waals surface area (Å²) < 4.78 is 5.80. The number of likely N-dealkylation sites (tertiary alicyclic amines) is 1. The van der Waals surface area contributed by atoms with E-state index in [0.29, 0.717) is 50.6 Å². The van der Waals surface area contributed by atoms with Gasteiger partial charge in [-0.05, 0) is 43.0 Å². The van der Waals surface area contributed by atoms with Gasteiger partial charge in [-0.2, -0.15) is 0 Å². The summed E-state index contributed by atoms with van der Waals surface area (Å²) in [6, 6.07) is 11.5. The second-order valence-corrected chi connectivity index (χ2v) is 7.54. The maximum absolute atomic E-state index is 12.6. The van der Waals surface area contributed by atoms with Gasteiger partial charge in [-0.15, -0.1) is 0 Å². The summed E-state index contributed by atoms with van der Waals surface area (Å²) in [5.41, 5.74) is 1.85. The number of rotatable bonds is 4. The summed E-state index contributed by atoms with van der Waals surface area (Å²) in [5, 5.41) is 3.10. The fraction of sp³-hybridized carbons (Fsp3) is 0.409. The monoisotopic (exact) mass is 379 g/mol. The molecular formula is C22H25N3O3. The molecule has 4 rings (SSSR count). The molecule has 2 aromatic rings. The molecule has 1 aromatic carbocycles. The molecule has 28 heavy (non-hydrogen) atoms. The van der Waals surface area contributed by atoms with Gasteiger partial charge in [0, 0.05) is 49.4 Å². The van der Waals surface area contributed by atoms with Crippen LogP contribution in [0.2, 0.25) is 0 Å². The van der Waals surface area contributed by atoms with E-state index in [-0.39, 0.29) is 17.7 Å². The van der Waals surface area contributed by atoms with Gasteiger partial charge >= 0.3 is 0 Å². The second kappa shape index (κ2) is 8.42. The lowest BCUT2D eigenvalue weighted by molar-refractivity contribution is -0.126. The van der Waals surface area contributed by atoms with E-state index in [2.05, 4.69) is 16.4 Å². The van der Waals surface area contributed by atoms with Crippen LogP contribution in [-0.4, -0.2) is 47.9 Å². The molecule has 0 radical (unpaired) electrons. The molecule has 1 saturated heterocycles. The van der Waals surface area contributed by atoms with E-state index in [0.717, 1.165) is 12.2 Å². The average Bonchev–Trinajstić information content (AvgIpc) is 2.77. The first-order valence-electron chi connectivity index (χ1n) is 9.88. The molecule has 6 nitrogen and oxygen atoms in total. The Labute approximate surface area is 164 Å². The molecule has 1 N–H and O–H groups in total. The van der Waals surface area contributed by atoms with Gasteiger partial charge in [-0.25, -0.2) is 0 Å². The Morgan fingerprint density at radius 1 is 1.11 bits per heavy atom. The summed E-state index contributed by atoms with van der Waals surface area (Å²) >= 11 is 0. The standard InChI is InChI=1S/C22H25N3O3/c26-21(24-14-16-13-19-3-1-2-4-20(19)28-15-16)17-7-11-25(12-8-17)22(27)18-5-9-23-10-6-18/h1-6,9-10,16-17H,7-8,11-15H2,(H,24,26)/t16-/m1/s1. The highest BCUT2D eigenvalue weighted by Crippen LogP contribution is 2.26. The quantitative estimate of drug-likeness (QED) is 0.885. The van der Waals surface area contributed by atoms with Crippen molar-refractivity contribution in [2.45, 2.75) is 19.3 Å². The van der Waals surface area contributed by atoms with Crippen molar-refractivity contribution in [3.63, 3.8) is 0 Å². The number of pyridine rings is 1. The van der Waals surface area contributed by atoms with Gasteiger partial charge in [0.2, 0.25) is 5.91 Å². The third kappa shape index (κ3) is 4.16. The molecule has 146 valence electrons. The van der Waals surface area contributed by atoms with Crippen molar-refractivity contribution in [2.75, 3.05) is 26.2 Å². The normalized spacial score (nSPS) is 19.4. The summed E-state index contributed by atoms with van der Waals surface area (Å²) in [6.45, 7) is 2.48. The molecule has 1 atom stereocenters. The number of hydrogen-bond acceptors (Lipinski definition) is 4. The summed E-state index contributed by atoms with van der Waals surface area (Å²) in [4.78, 5) is 30.8. The molecule has 1 aromatic heterocycles. The van der Waals surface area contributed by atoms with Crippen LogP contribution in [0.15, 0.2) is 48.8 Å². The van der Waals surface area contributed by atoms with Crippen LogP contribution < -0.4 is 10.1 Å². The predicted octanol–water partition coefficient (Wildman–Crippen LogP) is 2.30. The highest BCUT2D eigenvalue weighted by atomic mass is 16.5. The van der Waals surface area contributed by atoms with Gasteiger partial charge in [0.05, 0.1) is 6.61 Å². The number of nitrogens with zero attached hydrogens (tertiary/aromatic N) is 2. The lowest BCUT2D eigenvalue weighted by atomic mass is 9.94. The van der Waals surface area contributed by atoms with Crippen molar-refractivity contribution in [3.8, 4) is 5.75 Å². The van der Waals surface area contributed by atoms with Crippen molar-refractivity contribution in [1.82, 2.24) is 15.2 Å². The van der Waals surface area contributed by atoms with Crippen LogP contribution in [0, 0.1) is 11.8 Å². The number of benzene rings is 1. The van der Waals surface area contributed by atoms with Gasteiger partial charge < -0.3 is 15.0 Å². The molecule has 0 saturated carbocycles. The molecule has 1 fully saturated rings. The van der Waals surface area contributed by atoms with Crippen LogP contribution in [-0.2, 0) is 11.2 Å². The topological polar surface area (TPSA) is 71.5 Å². The largest absolute Gasteiger partial charge is 0.493 e. The van der Waals surface area contributed by atoms with Gasteiger partial charge in [-0.1, -0.05) is 18.2 Å². The number of hydrogen-bond donors (Lipinski definition) is 1. The molecule has 0 spiro atoms. The van der Waals surface area contributed by atoms with E-state index in [9.17, 15) is 9.59 Å².